The Bertz CT molecular complexity index is 481. The van der Waals surface area contributed by atoms with Crippen LogP contribution in [-0.4, -0.2) is 12.0 Å². The molecule has 0 saturated heterocycles. The molecule has 0 aliphatic rings. The van der Waals surface area contributed by atoms with Crippen LogP contribution in [0.5, 0.6) is 0 Å². The van der Waals surface area contributed by atoms with E-state index in [1.54, 1.807) is 11.3 Å². The summed E-state index contributed by atoms with van der Waals surface area (Å²) in [4.78, 5) is 5.35. The fraction of sp³-hybridized carbons (Fsp3) is 0.250. The largest absolute Gasteiger partial charge is 0.309 e. The molecule has 1 N–H and O–H groups in total. The minimum absolute atomic E-state index is 0.147. The van der Waals surface area contributed by atoms with E-state index in [9.17, 15) is 0 Å². The van der Waals surface area contributed by atoms with Crippen LogP contribution in [0.3, 0.4) is 0 Å². The summed E-state index contributed by atoms with van der Waals surface area (Å²) in [5, 5.41) is 6.12. The average Bonchev–Trinajstić information content (AvgIpc) is 2.67. The Morgan fingerprint density at radius 3 is 2.81 bits per heavy atom. The molecule has 4 heteroatoms. The molecule has 0 amide bonds. The predicted molar refractivity (Wildman–Crippen MR) is 69.2 cm³/mol. The van der Waals surface area contributed by atoms with E-state index in [4.69, 9.17) is 11.6 Å². The van der Waals surface area contributed by atoms with Gasteiger partial charge in [0.1, 0.15) is 0 Å². The highest BCUT2D eigenvalue weighted by Gasteiger charge is 2.16. The van der Waals surface area contributed by atoms with E-state index in [2.05, 4.69) is 16.4 Å². The van der Waals surface area contributed by atoms with Crippen LogP contribution in [0.2, 0.25) is 5.02 Å². The second-order valence-corrected chi connectivity index (χ2v) is 4.94. The van der Waals surface area contributed by atoms with Gasteiger partial charge in [-0.25, -0.2) is 0 Å². The Kier molecular flexibility index (Phi) is 3.59. The van der Waals surface area contributed by atoms with Crippen molar-refractivity contribution in [2.24, 2.45) is 0 Å². The van der Waals surface area contributed by atoms with Gasteiger partial charge in [0.05, 0.1) is 11.1 Å². The number of halogens is 1. The van der Waals surface area contributed by atoms with Crippen LogP contribution in [-0.2, 0) is 0 Å². The van der Waals surface area contributed by atoms with Gasteiger partial charge < -0.3 is 5.32 Å². The fourth-order valence-corrected chi connectivity index (χ4v) is 3.01. The highest BCUT2D eigenvalue weighted by molar-refractivity contribution is 7.10. The number of nitrogens with one attached hydrogen (secondary N) is 1. The molecule has 0 radical (unpaired) electrons. The van der Waals surface area contributed by atoms with Crippen molar-refractivity contribution >= 4 is 22.9 Å². The number of nitrogens with zero attached hydrogens (tertiary/aromatic N) is 1. The van der Waals surface area contributed by atoms with Crippen LogP contribution in [0.15, 0.2) is 29.8 Å². The van der Waals surface area contributed by atoms with Crippen molar-refractivity contribution in [3.63, 3.8) is 0 Å². The van der Waals surface area contributed by atoms with Crippen molar-refractivity contribution in [3.8, 4) is 0 Å². The highest BCUT2D eigenvalue weighted by Crippen LogP contribution is 2.32. The number of pyridine rings is 1. The summed E-state index contributed by atoms with van der Waals surface area (Å²) in [5.41, 5.74) is 2.21. The van der Waals surface area contributed by atoms with Crippen molar-refractivity contribution in [2.45, 2.75) is 13.0 Å². The van der Waals surface area contributed by atoms with Crippen LogP contribution in [0, 0.1) is 6.92 Å². The Hall–Kier alpha value is -0.900. The van der Waals surface area contributed by atoms with Crippen molar-refractivity contribution < 1.29 is 0 Å². The van der Waals surface area contributed by atoms with Crippen molar-refractivity contribution in [1.29, 1.82) is 0 Å². The molecule has 1 atom stereocenters. The third-order valence-electron chi connectivity index (χ3n) is 2.45. The van der Waals surface area contributed by atoms with E-state index >= 15 is 0 Å². The molecule has 1 unspecified atom stereocenters. The van der Waals surface area contributed by atoms with Crippen LogP contribution in [0.25, 0.3) is 0 Å². The maximum Gasteiger partial charge on any atom is 0.0684 e. The minimum atomic E-state index is 0.147. The summed E-state index contributed by atoms with van der Waals surface area (Å²) in [5.74, 6) is 0. The van der Waals surface area contributed by atoms with Gasteiger partial charge in [0.2, 0.25) is 0 Å². The molecule has 2 nitrogen and oxygen atoms in total. The number of hydrogen-bond donors (Lipinski definition) is 1. The zero-order valence-corrected chi connectivity index (χ0v) is 10.8. The molecule has 2 aromatic heterocycles. The summed E-state index contributed by atoms with van der Waals surface area (Å²) >= 11 is 7.83. The van der Waals surface area contributed by atoms with Crippen LogP contribution < -0.4 is 5.32 Å². The molecule has 0 spiro atoms. The SMILES string of the molecule is CNC(c1ccnc(C)c1)c1sccc1Cl. The first-order valence-electron chi connectivity index (χ1n) is 5.05. The first kappa shape index (κ1) is 11.6. The zero-order valence-electron chi connectivity index (χ0n) is 9.20. The van der Waals surface area contributed by atoms with Crippen molar-refractivity contribution in [3.05, 3.63) is 50.9 Å². The molecule has 0 saturated carbocycles. The molecule has 2 rings (SSSR count). The van der Waals surface area contributed by atoms with Gasteiger partial charge in [0.15, 0.2) is 0 Å². The lowest BCUT2D eigenvalue weighted by molar-refractivity contribution is 0.702. The number of rotatable bonds is 3. The molecular formula is C12H13ClN2S. The molecule has 0 aromatic carbocycles. The summed E-state index contributed by atoms with van der Waals surface area (Å²) in [6.07, 6.45) is 1.83. The number of aromatic nitrogens is 1. The maximum absolute atomic E-state index is 6.16. The molecule has 0 aliphatic carbocycles. The number of thiophene rings is 1. The quantitative estimate of drug-likeness (QED) is 0.906. The van der Waals surface area contributed by atoms with Crippen molar-refractivity contribution in [2.75, 3.05) is 7.05 Å². The third kappa shape index (κ3) is 2.26. The summed E-state index contributed by atoms with van der Waals surface area (Å²) in [6.45, 7) is 1.99. The van der Waals surface area contributed by atoms with E-state index in [-0.39, 0.29) is 6.04 Å². The van der Waals surface area contributed by atoms with E-state index in [0.29, 0.717) is 0 Å². The molecule has 2 aromatic rings. The van der Waals surface area contributed by atoms with E-state index in [0.717, 1.165) is 15.6 Å². The molecule has 84 valence electrons. The smallest absolute Gasteiger partial charge is 0.0684 e. The fourth-order valence-electron chi connectivity index (χ4n) is 1.71. The van der Waals surface area contributed by atoms with Crippen LogP contribution >= 0.6 is 22.9 Å². The van der Waals surface area contributed by atoms with E-state index in [1.807, 2.05) is 37.7 Å². The lowest BCUT2D eigenvalue weighted by Crippen LogP contribution is -2.17. The monoisotopic (exact) mass is 252 g/mol. The first-order chi connectivity index (χ1) is 7.72. The summed E-state index contributed by atoms with van der Waals surface area (Å²) in [7, 11) is 1.94. The van der Waals surface area contributed by atoms with Crippen LogP contribution in [0.1, 0.15) is 22.2 Å². The normalized spacial score (nSPS) is 12.7. The van der Waals surface area contributed by atoms with E-state index < -0.39 is 0 Å². The second-order valence-electron chi connectivity index (χ2n) is 3.59. The minimum Gasteiger partial charge on any atom is -0.309 e. The highest BCUT2D eigenvalue weighted by atomic mass is 35.5. The van der Waals surface area contributed by atoms with Gasteiger partial charge in [-0.05, 0) is 43.1 Å². The lowest BCUT2D eigenvalue weighted by Gasteiger charge is -2.16. The van der Waals surface area contributed by atoms with Crippen LogP contribution in [0.4, 0.5) is 0 Å². The van der Waals surface area contributed by atoms with Gasteiger partial charge in [-0.2, -0.15) is 0 Å². The van der Waals surface area contributed by atoms with E-state index in [1.165, 1.54) is 5.56 Å². The summed E-state index contributed by atoms with van der Waals surface area (Å²) in [6, 6.07) is 6.18. The van der Waals surface area contributed by atoms with Gasteiger partial charge in [-0.3, -0.25) is 4.98 Å². The maximum atomic E-state index is 6.16. The second kappa shape index (κ2) is 4.95. The standard InChI is InChI=1S/C12H13ClN2S/c1-8-7-9(3-5-15-8)11(14-2)12-10(13)4-6-16-12/h3-7,11,14H,1-2H3. The Morgan fingerprint density at radius 2 is 2.25 bits per heavy atom. The zero-order chi connectivity index (χ0) is 11.5. The van der Waals surface area contributed by atoms with Gasteiger partial charge in [-0.15, -0.1) is 11.3 Å². The summed E-state index contributed by atoms with van der Waals surface area (Å²) < 4.78 is 0. The molecule has 0 fully saturated rings. The van der Waals surface area contributed by atoms with Gasteiger partial charge in [-0.1, -0.05) is 11.6 Å². The first-order valence-corrected chi connectivity index (χ1v) is 6.31. The molecule has 2 heterocycles. The third-order valence-corrected chi connectivity index (χ3v) is 3.87. The predicted octanol–water partition coefficient (Wildman–Crippen LogP) is 3.41. The number of aryl methyl sites for hydroxylation is 1. The van der Waals surface area contributed by atoms with Crippen molar-refractivity contribution in [1.82, 2.24) is 10.3 Å². The topological polar surface area (TPSA) is 24.9 Å². The van der Waals surface area contributed by atoms with Gasteiger partial charge in [0.25, 0.3) is 0 Å². The molecule has 0 aliphatic heterocycles. The van der Waals surface area contributed by atoms with Gasteiger partial charge >= 0.3 is 0 Å². The number of hydrogen-bond acceptors (Lipinski definition) is 3. The molecule has 16 heavy (non-hydrogen) atoms. The average molecular weight is 253 g/mol. The van der Waals surface area contributed by atoms with Gasteiger partial charge in [0, 0.05) is 16.8 Å². The Balaban J connectivity index is 2.40. The Labute approximate surface area is 104 Å². The molecule has 0 bridgehead atoms. The Morgan fingerprint density at radius 1 is 1.44 bits per heavy atom. The lowest BCUT2D eigenvalue weighted by atomic mass is 10.1. The molecular weight excluding hydrogens is 240 g/mol.